The lowest BCUT2D eigenvalue weighted by Crippen LogP contribution is -2.31. The van der Waals surface area contributed by atoms with Crippen molar-refractivity contribution in [3.63, 3.8) is 0 Å². The summed E-state index contributed by atoms with van der Waals surface area (Å²) in [7, 11) is 0. The number of fused-ring (bicyclic) bond motifs is 1. The molecule has 70 valence electrons. The maximum Gasteiger partial charge on any atom is 0.138 e. The van der Waals surface area contributed by atoms with Gasteiger partial charge in [0.25, 0.3) is 0 Å². The number of phenols is 1. The molecule has 0 amide bonds. The Morgan fingerprint density at radius 1 is 1.54 bits per heavy atom. The van der Waals surface area contributed by atoms with Crippen LogP contribution in [0.4, 0.5) is 5.69 Å². The number of aryl methyl sites for hydroxylation is 1. The maximum absolute atomic E-state index is 9.62. The number of para-hydroxylation sites is 1. The monoisotopic (exact) mass is 289 g/mol. The molecule has 13 heavy (non-hydrogen) atoms. The number of halogens is 1. The summed E-state index contributed by atoms with van der Waals surface area (Å²) < 4.78 is 0.0730. The summed E-state index contributed by atoms with van der Waals surface area (Å²) in [6.07, 6.45) is 2.14. The molecule has 2 nitrogen and oxygen atoms in total. The molecule has 1 aromatic carbocycles. The van der Waals surface area contributed by atoms with Crippen molar-refractivity contribution in [2.24, 2.45) is 0 Å². The van der Waals surface area contributed by atoms with Crippen LogP contribution in [0.3, 0.4) is 0 Å². The van der Waals surface area contributed by atoms with Gasteiger partial charge in [0.05, 0.1) is 9.23 Å². The Hall–Kier alpha value is -0.450. The molecule has 0 saturated heterocycles. The fraction of sp³-hybridized carbons (Fsp3) is 0.400. The van der Waals surface area contributed by atoms with Crippen LogP contribution in [0.25, 0.3) is 0 Å². The van der Waals surface area contributed by atoms with E-state index in [1.165, 1.54) is 5.56 Å². The van der Waals surface area contributed by atoms with Gasteiger partial charge in [0.15, 0.2) is 0 Å². The zero-order valence-electron chi connectivity index (χ0n) is 7.47. The Morgan fingerprint density at radius 3 is 3.08 bits per heavy atom. The number of nitrogens with one attached hydrogen (secondary N) is 1. The van der Waals surface area contributed by atoms with Gasteiger partial charge in [-0.3, -0.25) is 0 Å². The first kappa shape index (κ1) is 9.12. The molecule has 1 atom stereocenters. The molecule has 1 unspecified atom stereocenters. The quantitative estimate of drug-likeness (QED) is 0.333. The third-order valence-electron chi connectivity index (χ3n) is 2.38. The topological polar surface area (TPSA) is 32.3 Å². The van der Waals surface area contributed by atoms with Gasteiger partial charge < -0.3 is 10.4 Å². The molecule has 0 aromatic heterocycles. The van der Waals surface area contributed by atoms with E-state index >= 15 is 0 Å². The predicted octanol–water partition coefficient (Wildman–Crippen LogP) is 2.90. The van der Waals surface area contributed by atoms with Gasteiger partial charge in [-0.15, -0.1) is 0 Å². The first-order chi connectivity index (χ1) is 6.08. The molecule has 0 spiro atoms. The Morgan fingerprint density at radius 2 is 2.31 bits per heavy atom. The van der Waals surface area contributed by atoms with Crippen LogP contribution >= 0.6 is 22.6 Å². The van der Waals surface area contributed by atoms with Gasteiger partial charge in [-0.05, 0) is 31.4 Å². The summed E-state index contributed by atoms with van der Waals surface area (Å²) >= 11 is 2.38. The minimum absolute atomic E-state index is 0.0730. The summed E-state index contributed by atoms with van der Waals surface area (Å²) in [5, 5.41) is 13.0. The molecule has 1 heterocycles. The molecule has 0 aliphatic carbocycles. The van der Waals surface area contributed by atoms with Crippen LogP contribution in [-0.2, 0) is 6.42 Å². The van der Waals surface area contributed by atoms with E-state index in [0.29, 0.717) is 5.75 Å². The lowest BCUT2D eigenvalue weighted by molar-refractivity contribution is 0.473. The van der Waals surface area contributed by atoms with Crippen LogP contribution in [0.1, 0.15) is 18.9 Å². The lowest BCUT2D eigenvalue weighted by atomic mass is 9.98. The van der Waals surface area contributed by atoms with E-state index in [4.69, 9.17) is 0 Å². The van der Waals surface area contributed by atoms with Crippen LogP contribution in [0.15, 0.2) is 18.2 Å². The van der Waals surface area contributed by atoms with Crippen LogP contribution in [0, 0.1) is 0 Å². The van der Waals surface area contributed by atoms with Crippen LogP contribution in [0.5, 0.6) is 5.75 Å². The zero-order valence-corrected chi connectivity index (χ0v) is 9.63. The summed E-state index contributed by atoms with van der Waals surface area (Å²) in [6, 6.07) is 5.68. The fourth-order valence-corrected chi connectivity index (χ4v) is 2.17. The Kier molecular flexibility index (Phi) is 2.14. The van der Waals surface area contributed by atoms with Gasteiger partial charge >= 0.3 is 0 Å². The average molecular weight is 289 g/mol. The zero-order chi connectivity index (χ0) is 9.47. The highest BCUT2D eigenvalue weighted by Gasteiger charge is 2.27. The summed E-state index contributed by atoms with van der Waals surface area (Å²) in [4.78, 5) is 0. The second-order valence-corrected chi connectivity index (χ2v) is 6.01. The summed E-state index contributed by atoms with van der Waals surface area (Å²) in [5.41, 5.74) is 2.12. The van der Waals surface area contributed by atoms with Crippen LogP contribution in [-0.4, -0.2) is 8.65 Å². The first-order valence-corrected chi connectivity index (χ1v) is 5.44. The van der Waals surface area contributed by atoms with Crippen LogP contribution in [0.2, 0.25) is 0 Å². The molecule has 2 N–H and O–H groups in total. The number of phenolic OH excluding ortho intramolecular Hbond substituents is 1. The van der Waals surface area contributed by atoms with Gasteiger partial charge in [0, 0.05) is 0 Å². The number of hydrogen-bond donors (Lipinski definition) is 2. The highest BCUT2D eigenvalue weighted by molar-refractivity contribution is 14.1. The Labute approximate surface area is 91.5 Å². The minimum atomic E-state index is 0.0730. The molecule has 1 aliphatic rings. The SMILES string of the molecule is CC1(I)CCc2cccc(O)c2N1. The largest absolute Gasteiger partial charge is 0.506 e. The van der Waals surface area contributed by atoms with E-state index in [0.717, 1.165) is 18.5 Å². The molecule has 3 heteroatoms. The predicted molar refractivity (Wildman–Crippen MR) is 62.5 cm³/mol. The Bertz CT molecular complexity index is 336. The molecule has 0 bridgehead atoms. The van der Waals surface area contributed by atoms with Crippen molar-refractivity contribution in [3.8, 4) is 5.75 Å². The number of aromatic hydroxyl groups is 1. The van der Waals surface area contributed by atoms with E-state index in [-0.39, 0.29) is 3.55 Å². The number of rotatable bonds is 0. The lowest BCUT2D eigenvalue weighted by Gasteiger charge is -2.32. The van der Waals surface area contributed by atoms with Gasteiger partial charge in [-0.2, -0.15) is 0 Å². The van der Waals surface area contributed by atoms with E-state index in [1.54, 1.807) is 6.07 Å². The number of hydrogen-bond acceptors (Lipinski definition) is 2. The second-order valence-electron chi connectivity index (χ2n) is 3.63. The van der Waals surface area contributed by atoms with Gasteiger partial charge in [-0.1, -0.05) is 34.7 Å². The van der Waals surface area contributed by atoms with Crippen molar-refractivity contribution in [1.29, 1.82) is 0 Å². The average Bonchev–Trinajstić information content (AvgIpc) is 2.06. The number of benzene rings is 1. The van der Waals surface area contributed by atoms with Crippen molar-refractivity contribution in [1.82, 2.24) is 0 Å². The molecular weight excluding hydrogens is 277 g/mol. The third kappa shape index (κ3) is 1.75. The Balaban J connectivity index is 2.44. The first-order valence-electron chi connectivity index (χ1n) is 4.36. The van der Waals surface area contributed by atoms with E-state index in [1.807, 2.05) is 6.07 Å². The molecule has 1 aliphatic heterocycles. The minimum Gasteiger partial charge on any atom is -0.506 e. The smallest absolute Gasteiger partial charge is 0.138 e. The fourth-order valence-electron chi connectivity index (χ4n) is 1.63. The van der Waals surface area contributed by atoms with E-state index in [9.17, 15) is 5.11 Å². The molecular formula is C10H12INO. The normalized spacial score (nSPS) is 26.3. The van der Waals surface area contributed by atoms with Crippen molar-refractivity contribution in [2.45, 2.75) is 23.3 Å². The van der Waals surface area contributed by atoms with Gasteiger partial charge in [0.1, 0.15) is 5.75 Å². The van der Waals surface area contributed by atoms with E-state index in [2.05, 4.69) is 40.9 Å². The van der Waals surface area contributed by atoms with E-state index < -0.39 is 0 Å². The number of anilines is 1. The highest BCUT2D eigenvalue weighted by Crippen LogP contribution is 2.39. The summed E-state index contributed by atoms with van der Waals surface area (Å²) in [6.45, 7) is 2.14. The molecule has 2 rings (SSSR count). The van der Waals surface area contributed by atoms with Crippen molar-refractivity contribution in [3.05, 3.63) is 23.8 Å². The summed E-state index contributed by atoms with van der Waals surface area (Å²) in [5.74, 6) is 0.361. The molecule has 1 aromatic rings. The molecule has 0 radical (unpaired) electrons. The second kappa shape index (κ2) is 3.04. The van der Waals surface area contributed by atoms with Gasteiger partial charge in [0.2, 0.25) is 0 Å². The van der Waals surface area contributed by atoms with Crippen molar-refractivity contribution < 1.29 is 5.11 Å². The van der Waals surface area contributed by atoms with Crippen LogP contribution < -0.4 is 5.32 Å². The highest BCUT2D eigenvalue weighted by atomic mass is 127. The molecule has 0 saturated carbocycles. The molecule has 0 fully saturated rings. The van der Waals surface area contributed by atoms with Gasteiger partial charge in [-0.25, -0.2) is 0 Å². The van der Waals surface area contributed by atoms with Crippen molar-refractivity contribution >= 4 is 28.3 Å². The third-order valence-corrected chi connectivity index (χ3v) is 3.19. The maximum atomic E-state index is 9.62. The number of alkyl halides is 1. The standard InChI is InChI=1S/C10H12INO/c1-10(11)6-5-7-3-2-4-8(13)9(7)12-10/h2-4,12-13H,5-6H2,1H3. The van der Waals surface area contributed by atoms with Crippen molar-refractivity contribution in [2.75, 3.05) is 5.32 Å².